The van der Waals surface area contributed by atoms with Crippen molar-refractivity contribution in [3.8, 4) is 0 Å². The molecule has 0 aliphatic carbocycles. The number of aldehydes is 1. The molecule has 2 aromatic carbocycles. The van der Waals surface area contributed by atoms with Crippen LogP contribution in [0.25, 0.3) is 0 Å². The molecule has 0 aliphatic heterocycles. The molecule has 1 atom stereocenters. The Bertz CT molecular complexity index is 598. The fraction of sp³-hybridized carbons (Fsp3) is 0.333. The third-order valence-electron chi connectivity index (χ3n) is 3.41. The van der Waals surface area contributed by atoms with Crippen LogP contribution >= 0.6 is 0 Å². The van der Waals surface area contributed by atoms with Gasteiger partial charge in [0, 0.05) is 11.1 Å². The van der Waals surface area contributed by atoms with Gasteiger partial charge < -0.3 is 31.0 Å². The van der Waals surface area contributed by atoms with Crippen LogP contribution in [-0.4, -0.2) is 57.0 Å². The van der Waals surface area contributed by atoms with Gasteiger partial charge in [-0.25, -0.2) is 0 Å². The number of carbonyl (C=O) groups excluding carboxylic acids is 2. The molecule has 1 unspecified atom stereocenters. The molecule has 0 fully saturated rings. The van der Waals surface area contributed by atoms with Gasteiger partial charge in [0.05, 0.1) is 27.7 Å². The maximum absolute atomic E-state index is 11.8. The van der Waals surface area contributed by atoms with Gasteiger partial charge >= 0.3 is 0 Å². The quantitative estimate of drug-likeness (QED) is 0.364. The van der Waals surface area contributed by atoms with Gasteiger partial charge in [0.25, 0.3) is 0 Å². The zero-order valence-corrected chi connectivity index (χ0v) is 17.5. The Morgan fingerprint density at radius 3 is 1.73 bits per heavy atom. The van der Waals surface area contributed by atoms with Gasteiger partial charge in [0.1, 0.15) is 18.9 Å². The number of hydrogen-bond acceptors (Lipinski definition) is 3. The third kappa shape index (κ3) is 10.2. The predicted molar refractivity (Wildman–Crippen MR) is 101 cm³/mol. The molecule has 0 amide bonds. The van der Waals surface area contributed by atoms with E-state index >= 15 is 0 Å². The van der Waals surface area contributed by atoms with Gasteiger partial charge in [-0.3, -0.25) is 4.79 Å². The van der Waals surface area contributed by atoms with Crippen LogP contribution in [0.15, 0.2) is 60.7 Å². The summed E-state index contributed by atoms with van der Waals surface area (Å²) < 4.78 is 6.05. The molecular formula is C21H28BrNO3. The average Bonchev–Trinajstić information content (AvgIpc) is 2.62. The normalized spacial score (nSPS) is 11.4. The van der Waals surface area contributed by atoms with E-state index in [9.17, 15) is 9.59 Å². The minimum absolute atomic E-state index is 0. The van der Waals surface area contributed by atoms with Crippen molar-refractivity contribution in [1.82, 2.24) is 0 Å². The summed E-state index contributed by atoms with van der Waals surface area (Å²) in [6, 6.07) is 18.6. The molecule has 0 saturated heterocycles. The molecule has 0 N–H and O–H groups in total. The summed E-state index contributed by atoms with van der Waals surface area (Å²) in [6.45, 7) is 3.32. The summed E-state index contributed by atoms with van der Waals surface area (Å²) in [5.41, 5.74) is 1.47. The van der Waals surface area contributed by atoms with Crippen LogP contribution in [0.2, 0.25) is 0 Å². The molecule has 0 bridgehead atoms. The fourth-order valence-corrected chi connectivity index (χ4v) is 1.90. The number of ether oxygens (including phenoxy) is 1. The molecule has 0 saturated carbocycles. The van der Waals surface area contributed by atoms with E-state index in [2.05, 4.69) is 21.1 Å². The number of nitrogens with zero attached hydrogens (tertiary/aromatic N) is 1. The maximum atomic E-state index is 11.8. The summed E-state index contributed by atoms with van der Waals surface area (Å²) in [5, 5.41) is 0. The first-order valence-electron chi connectivity index (χ1n) is 8.35. The standard InChI is InChI=1S/C13H10O.C8H18NO2.BrH/c14-13(11-7-3-1-4-8-11)12-9-5-2-6-10-12;1-8(7-10)11-6-5-9(2,3)4;/h1-10H;7-8H,5-6H2,1-4H3;1H/q;+1;/p-1. The highest BCUT2D eigenvalue weighted by molar-refractivity contribution is 6.08. The molecule has 0 aromatic heterocycles. The molecule has 0 radical (unpaired) electrons. The van der Waals surface area contributed by atoms with Gasteiger partial charge in [0.2, 0.25) is 0 Å². The Balaban J connectivity index is 0.000000479. The molecular weight excluding hydrogens is 394 g/mol. The SMILES string of the molecule is CC(C=O)OCC[N+](C)(C)C.O=C(c1ccccc1)c1ccccc1.[Br-]. The van der Waals surface area contributed by atoms with Gasteiger partial charge in [-0.05, 0) is 6.92 Å². The van der Waals surface area contributed by atoms with E-state index in [1.807, 2.05) is 60.7 Å². The molecule has 4 nitrogen and oxygen atoms in total. The highest BCUT2D eigenvalue weighted by Crippen LogP contribution is 2.08. The largest absolute Gasteiger partial charge is 1.00 e. The number of ketones is 1. The average molecular weight is 422 g/mol. The van der Waals surface area contributed by atoms with E-state index in [1.165, 1.54) is 0 Å². The first-order chi connectivity index (χ1) is 11.8. The van der Waals surface area contributed by atoms with Crippen molar-refractivity contribution in [3.63, 3.8) is 0 Å². The summed E-state index contributed by atoms with van der Waals surface area (Å²) >= 11 is 0. The zero-order chi connectivity index (χ0) is 18.7. The molecule has 2 rings (SSSR count). The van der Waals surface area contributed by atoms with Gasteiger partial charge in [-0.1, -0.05) is 60.7 Å². The lowest BCUT2D eigenvalue weighted by molar-refractivity contribution is -0.870. The molecule has 0 spiro atoms. The Morgan fingerprint density at radius 2 is 1.38 bits per heavy atom. The Labute approximate surface area is 167 Å². The lowest BCUT2D eigenvalue weighted by Crippen LogP contribution is -3.00. The number of quaternary nitrogens is 1. The number of likely N-dealkylation sites (N-methyl/N-ethyl adjacent to an activating group) is 1. The molecule has 2 aromatic rings. The number of carbonyl (C=O) groups is 2. The second-order valence-electron chi connectivity index (χ2n) is 6.79. The smallest absolute Gasteiger partial charge is 0.193 e. The summed E-state index contributed by atoms with van der Waals surface area (Å²) in [7, 11) is 6.28. The summed E-state index contributed by atoms with van der Waals surface area (Å²) in [6.07, 6.45) is 0.553. The van der Waals surface area contributed by atoms with E-state index in [0.29, 0.717) is 6.61 Å². The van der Waals surface area contributed by atoms with E-state index in [4.69, 9.17) is 4.74 Å². The minimum atomic E-state index is -0.262. The van der Waals surface area contributed by atoms with Crippen LogP contribution in [0.4, 0.5) is 0 Å². The second-order valence-corrected chi connectivity index (χ2v) is 6.79. The van der Waals surface area contributed by atoms with E-state index < -0.39 is 0 Å². The molecule has 142 valence electrons. The van der Waals surface area contributed by atoms with Crippen LogP contribution in [0.1, 0.15) is 22.8 Å². The highest BCUT2D eigenvalue weighted by Gasteiger charge is 2.07. The van der Waals surface area contributed by atoms with Crippen molar-refractivity contribution in [2.24, 2.45) is 0 Å². The zero-order valence-electron chi connectivity index (χ0n) is 15.9. The monoisotopic (exact) mass is 421 g/mol. The third-order valence-corrected chi connectivity index (χ3v) is 3.41. The van der Waals surface area contributed by atoms with Crippen LogP contribution in [0, 0.1) is 0 Å². The van der Waals surface area contributed by atoms with Crippen LogP contribution in [-0.2, 0) is 9.53 Å². The summed E-state index contributed by atoms with van der Waals surface area (Å²) in [5.74, 6) is 0.0752. The Kier molecular flexibility index (Phi) is 11.6. The van der Waals surface area contributed by atoms with Gasteiger partial charge in [-0.15, -0.1) is 0 Å². The van der Waals surface area contributed by atoms with Crippen molar-refractivity contribution in [2.45, 2.75) is 13.0 Å². The van der Waals surface area contributed by atoms with E-state index in [0.717, 1.165) is 28.4 Å². The van der Waals surface area contributed by atoms with E-state index in [-0.39, 0.29) is 28.9 Å². The lowest BCUT2D eigenvalue weighted by atomic mass is 10.0. The van der Waals surface area contributed by atoms with Crippen LogP contribution in [0.5, 0.6) is 0 Å². The molecule has 0 aliphatic rings. The maximum Gasteiger partial charge on any atom is 0.193 e. The predicted octanol–water partition coefficient (Wildman–Crippen LogP) is 0.218. The number of hydrogen-bond donors (Lipinski definition) is 0. The minimum Gasteiger partial charge on any atom is -1.00 e. The number of halogens is 1. The van der Waals surface area contributed by atoms with Crippen molar-refractivity contribution < 1.29 is 35.8 Å². The molecule has 5 heteroatoms. The first kappa shape index (κ1) is 24.2. The number of rotatable bonds is 7. The molecule has 0 heterocycles. The van der Waals surface area contributed by atoms with Crippen LogP contribution < -0.4 is 17.0 Å². The highest BCUT2D eigenvalue weighted by atomic mass is 79.9. The van der Waals surface area contributed by atoms with Crippen LogP contribution in [0.3, 0.4) is 0 Å². The Hall–Kier alpha value is -1.82. The second kappa shape index (κ2) is 12.5. The van der Waals surface area contributed by atoms with E-state index in [1.54, 1.807) is 6.92 Å². The van der Waals surface area contributed by atoms with Crippen molar-refractivity contribution >= 4 is 12.1 Å². The Morgan fingerprint density at radius 1 is 0.962 bits per heavy atom. The van der Waals surface area contributed by atoms with Crippen molar-refractivity contribution in [3.05, 3.63) is 71.8 Å². The van der Waals surface area contributed by atoms with Crippen molar-refractivity contribution in [2.75, 3.05) is 34.3 Å². The first-order valence-corrected chi connectivity index (χ1v) is 8.35. The van der Waals surface area contributed by atoms with Crippen molar-refractivity contribution in [1.29, 1.82) is 0 Å². The fourth-order valence-electron chi connectivity index (χ4n) is 1.90. The lowest BCUT2D eigenvalue weighted by Gasteiger charge is -2.23. The topological polar surface area (TPSA) is 43.4 Å². The van der Waals surface area contributed by atoms with Gasteiger partial charge in [0.15, 0.2) is 5.78 Å². The summed E-state index contributed by atoms with van der Waals surface area (Å²) in [4.78, 5) is 22.0. The van der Waals surface area contributed by atoms with Gasteiger partial charge in [-0.2, -0.15) is 0 Å². The molecule has 26 heavy (non-hydrogen) atoms. The number of benzene rings is 2.